The van der Waals surface area contributed by atoms with E-state index in [-0.39, 0.29) is 23.9 Å². The summed E-state index contributed by atoms with van der Waals surface area (Å²) >= 11 is 0. The van der Waals surface area contributed by atoms with E-state index in [1.54, 1.807) is 0 Å². The highest BCUT2D eigenvalue weighted by Crippen LogP contribution is 2.17. The van der Waals surface area contributed by atoms with Gasteiger partial charge in [-0.25, -0.2) is 0 Å². The lowest BCUT2D eigenvalue weighted by Gasteiger charge is -2.34. The van der Waals surface area contributed by atoms with E-state index in [0.717, 1.165) is 19.4 Å². The molecule has 0 spiro atoms. The van der Waals surface area contributed by atoms with Gasteiger partial charge >= 0.3 is 0 Å². The third-order valence-corrected chi connectivity index (χ3v) is 3.48. The molecule has 0 aromatic rings. The number of ether oxygens (including phenoxy) is 1. The molecule has 2 aliphatic rings. The van der Waals surface area contributed by atoms with Gasteiger partial charge in [0.25, 0.3) is 0 Å². The van der Waals surface area contributed by atoms with Crippen molar-refractivity contribution in [2.75, 3.05) is 19.8 Å². The molecular weight excluding hydrogens is 220 g/mol. The molecule has 5 nitrogen and oxygen atoms in total. The summed E-state index contributed by atoms with van der Waals surface area (Å²) in [4.78, 5) is 25.6. The molecule has 0 radical (unpaired) electrons. The quantitative estimate of drug-likeness (QED) is 0.755. The van der Waals surface area contributed by atoms with Gasteiger partial charge in [-0.05, 0) is 19.3 Å². The largest absolute Gasteiger partial charge is 0.379 e. The van der Waals surface area contributed by atoms with Gasteiger partial charge < -0.3 is 15.0 Å². The van der Waals surface area contributed by atoms with E-state index in [9.17, 15) is 9.59 Å². The van der Waals surface area contributed by atoms with Crippen LogP contribution in [0.5, 0.6) is 0 Å². The van der Waals surface area contributed by atoms with Crippen LogP contribution in [0.1, 0.15) is 32.6 Å². The molecule has 1 N–H and O–H groups in total. The van der Waals surface area contributed by atoms with Gasteiger partial charge in [-0.1, -0.05) is 6.92 Å². The number of hydrogen-bond donors (Lipinski definition) is 1. The lowest BCUT2D eigenvalue weighted by Crippen LogP contribution is -2.50. The number of nitrogens with zero attached hydrogens (tertiary/aromatic N) is 1. The normalized spacial score (nSPS) is 31.0. The lowest BCUT2D eigenvalue weighted by atomic mass is 10.1. The van der Waals surface area contributed by atoms with E-state index in [2.05, 4.69) is 5.32 Å². The summed E-state index contributed by atoms with van der Waals surface area (Å²) in [6.07, 6.45) is 3.02. The molecule has 5 heteroatoms. The van der Waals surface area contributed by atoms with Crippen molar-refractivity contribution in [2.24, 2.45) is 0 Å². The average Bonchev–Trinajstić information content (AvgIpc) is 2.50. The molecule has 0 aromatic heterocycles. The van der Waals surface area contributed by atoms with Crippen molar-refractivity contribution in [3.8, 4) is 0 Å². The molecule has 2 fully saturated rings. The molecule has 17 heavy (non-hydrogen) atoms. The SMILES string of the molecule is CCC1NC(=O)CCN(C2CCCOC2)C1=O. The summed E-state index contributed by atoms with van der Waals surface area (Å²) < 4.78 is 5.42. The number of carbonyl (C=O) groups excluding carboxylic acids is 2. The van der Waals surface area contributed by atoms with Crippen LogP contribution in [-0.2, 0) is 14.3 Å². The highest BCUT2D eigenvalue weighted by atomic mass is 16.5. The first-order valence-corrected chi connectivity index (χ1v) is 6.40. The Labute approximate surface area is 101 Å². The van der Waals surface area contributed by atoms with Gasteiger partial charge in [0.05, 0.1) is 12.6 Å². The predicted octanol–water partition coefficient (Wildman–Crippen LogP) is 0.292. The predicted molar refractivity (Wildman–Crippen MR) is 62.4 cm³/mol. The van der Waals surface area contributed by atoms with Crippen LogP contribution >= 0.6 is 0 Å². The molecule has 0 saturated carbocycles. The van der Waals surface area contributed by atoms with Gasteiger partial charge in [-0.3, -0.25) is 9.59 Å². The second kappa shape index (κ2) is 5.49. The van der Waals surface area contributed by atoms with Crippen LogP contribution in [-0.4, -0.2) is 48.6 Å². The van der Waals surface area contributed by atoms with Crippen LogP contribution in [0.2, 0.25) is 0 Å². The maximum atomic E-state index is 12.3. The Morgan fingerprint density at radius 2 is 2.29 bits per heavy atom. The number of nitrogens with one attached hydrogen (secondary N) is 1. The van der Waals surface area contributed by atoms with Crippen molar-refractivity contribution in [3.05, 3.63) is 0 Å². The lowest BCUT2D eigenvalue weighted by molar-refractivity contribution is -0.138. The zero-order chi connectivity index (χ0) is 12.3. The Hall–Kier alpha value is -1.10. The fourth-order valence-electron chi connectivity index (χ4n) is 2.47. The first-order chi connectivity index (χ1) is 8.22. The van der Waals surface area contributed by atoms with E-state index in [1.165, 1.54) is 0 Å². The summed E-state index contributed by atoms with van der Waals surface area (Å²) in [5.74, 6) is 0.0262. The van der Waals surface area contributed by atoms with Crippen LogP contribution in [0, 0.1) is 0 Å². The highest BCUT2D eigenvalue weighted by Gasteiger charge is 2.33. The highest BCUT2D eigenvalue weighted by molar-refractivity contribution is 5.90. The maximum absolute atomic E-state index is 12.3. The van der Waals surface area contributed by atoms with Crippen molar-refractivity contribution >= 4 is 11.8 Å². The Balaban J connectivity index is 2.08. The van der Waals surface area contributed by atoms with Gasteiger partial charge in [0, 0.05) is 19.6 Å². The summed E-state index contributed by atoms with van der Waals surface area (Å²) in [5, 5.41) is 2.78. The Morgan fingerprint density at radius 3 is 2.94 bits per heavy atom. The first-order valence-electron chi connectivity index (χ1n) is 6.40. The summed E-state index contributed by atoms with van der Waals surface area (Å²) in [6, 6.07) is -0.204. The van der Waals surface area contributed by atoms with Gasteiger partial charge in [0.1, 0.15) is 6.04 Å². The molecule has 2 aliphatic heterocycles. The van der Waals surface area contributed by atoms with Gasteiger partial charge in [-0.2, -0.15) is 0 Å². The van der Waals surface area contributed by atoms with Gasteiger partial charge in [-0.15, -0.1) is 0 Å². The first kappa shape index (κ1) is 12.4. The molecule has 2 heterocycles. The van der Waals surface area contributed by atoms with Crippen molar-refractivity contribution in [2.45, 2.75) is 44.7 Å². The monoisotopic (exact) mass is 240 g/mol. The van der Waals surface area contributed by atoms with Crippen molar-refractivity contribution in [1.29, 1.82) is 0 Å². The van der Waals surface area contributed by atoms with Crippen LogP contribution < -0.4 is 5.32 Å². The minimum Gasteiger partial charge on any atom is -0.379 e. The summed E-state index contributed by atoms with van der Waals surface area (Å²) in [7, 11) is 0. The number of rotatable bonds is 2. The van der Waals surface area contributed by atoms with Gasteiger partial charge in [0.2, 0.25) is 11.8 Å². The molecule has 2 amide bonds. The van der Waals surface area contributed by atoms with Gasteiger partial charge in [0.15, 0.2) is 0 Å². The van der Waals surface area contributed by atoms with Crippen LogP contribution in [0.3, 0.4) is 0 Å². The fourth-order valence-corrected chi connectivity index (χ4v) is 2.47. The molecule has 2 rings (SSSR count). The van der Waals surface area contributed by atoms with Crippen molar-refractivity contribution in [1.82, 2.24) is 10.2 Å². The zero-order valence-corrected chi connectivity index (χ0v) is 10.3. The van der Waals surface area contributed by atoms with Crippen LogP contribution in [0.25, 0.3) is 0 Å². The van der Waals surface area contributed by atoms with Crippen molar-refractivity contribution in [3.63, 3.8) is 0 Å². The zero-order valence-electron chi connectivity index (χ0n) is 10.3. The Bertz CT molecular complexity index is 300. The van der Waals surface area contributed by atoms with Crippen LogP contribution in [0.4, 0.5) is 0 Å². The molecule has 0 aliphatic carbocycles. The second-order valence-corrected chi connectivity index (χ2v) is 4.68. The van der Waals surface area contributed by atoms with E-state index in [1.807, 2.05) is 11.8 Å². The molecule has 2 saturated heterocycles. The standard InChI is InChI=1S/C12H20N2O3/c1-2-10-12(16)14(6-5-11(15)13-10)9-4-3-7-17-8-9/h9-10H,2-8H2,1H3,(H,13,15). The summed E-state index contributed by atoms with van der Waals surface area (Å²) in [6.45, 7) is 3.84. The number of hydrogen-bond acceptors (Lipinski definition) is 3. The minimum absolute atomic E-state index is 0.0237. The minimum atomic E-state index is -0.355. The van der Waals surface area contributed by atoms with Crippen LogP contribution in [0.15, 0.2) is 0 Å². The topological polar surface area (TPSA) is 58.6 Å². The molecule has 2 atom stereocenters. The molecule has 0 aromatic carbocycles. The van der Waals surface area contributed by atoms with E-state index < -0.39 is 0 Å². The molecule has 96 valence electrons. The van der Waals surface area contributed by atoms with Crippen molar-refractivity contribution < 1.29 is 14.3 Å². The number of carbonyl (C=O) groups is 2. The summed E-state index contributed by atoms with van der Waals surface area (Å²) in [5.41, 5.74) is 0. The molecule has 0 bridgehead atoms. The molecular formula is C12H20N2O3. The maximum Gasteiger partial charge on any atom is 0.245 e. The van der Waals surface area contributed by atoms with E-state index in [0.29, 0.717) is 26.0 Å². The fraction of sp³-hybridized carbons (Fsp3) is 0.833. The van der Waals surface area contributed by atoms with E-state index in [4.69, 9.17) is 4.74 Å². The van der Waals surface area contributed by atoms with E-state index >= 15 is 0 Å². The Kier molecular flexibility index (Phi) is 3.99. The Morgan fingerprint density at radius 1 is 1.47 bits per heavy atom. The number of amides is 2. The molecule has 2 unspecified atom stereocenters. The third-order valence-electron chi connectivity index (χ3n) is 3.48. The average molecular weight is 240 g/mol. The smallest absolute Gasteiger partial charge is 0.245 e. The second-order valence-electron chi connectivity index (χ2n) is 4.68. The third kappa shape index (κ3) is 2.77.